The standard InChI is InChI=1S/C20H23N3O2/c1-15(16-6-3-2-4-7-16)21-14-19(24)22-17-9-11-18(12-10-17)23-13-5-8-20(23)25/h2-4,6-7,9-12,15,21H,5,8,13-14H2,1H3,(H,22,24)/p+1/t15-/m1/s1. The first-order valence-corrected chi connectivity index (χ1v) is 8.72. The van der Waals surface area contributed by atoms with Crippen LogP contribution in [0.1, 0.15) is 31.4 Å². The van der Waals surface area contributed by atoms with E-state index in [9.17, 15) is 9.59 Å². The molecule has 0 radical (unpaired) electrons. The van der Waals surface area contributed by atoms with E-state index in [1.807, 2.05) is 47.8 Å². The third kappa shape index (κ3) is 4.45. The summed E-state index contributed by atoms with van der Waals surface area (Å²) in [5.41, 5.74) is 2.85. The largest absolute Gasteiger partial charge is 0.333 e. The summed E-state index contributed by atoms with van der Waals surface area (Å²) in [6, 6.07) is 17.8. The highest BCUT2D eigenvalue weighted by Gasteiger charge is 2.21. The van der Waals surface area contributed by atoms with Gasteiger partial charge in [0.1, 0.15) is 6.04 Å². The van der Waals surface area contributed by atoms with Crippen LogP contribution in [0.4, 0.5) is 11.4 Å². The fourth-order valence-electron chi connectivity index (χ4n) is 3.03. The predicted molar refractivity (Wildman–Crippen MR) is 98.3 cm³/mol. The first-order valence-electron chi connectivity index (χ1n) is 8.72. The smallest absolute Gasteiger partial charge is 0.279 e. The summed E-state index contributed by atoms with van der Waals surface area (Å²) in [7, 11) is 0. The lowest BCUT2D eigenvalue weighted by atomic mass is 10.1. The molecule has 5 heteroatoms. The number of hydrogen-bond donors (Lipinski definition) is 2. The molecule has 0 bridgehead atoms. The van der Waals surface area contributed by atoms with Gasteiger partial charge >= 0.3 is 0 Å². The highest BCUT2D eigenvalue weighted by Crippen LogP contribution is 2.22. The van der Waals surface area contributed by atoms with E-state index in [1.54, 1.807) is 4.90 Å². The zero-order chi connectivity index (χ0) is 17.6. The van der Waals surface area contributed by atoms with Crippen LogP contribution in [0.3, 0.4) is 0 Å². The van der Waals surface area contributed by atoms with Crippen molar-refractivity contribution >= 4 is 23.2 Å². The van der Waals surface area contributed by atoms with Gasteiger partial charge in [-0.05, 0) is 37.6 Å². The number of hydrogen-bond acceptors (Lipinski definition) is 2. The summed E-state index contributed by atoms with van der Waals surface area (Å²) in [5.74, 6) is 0.133. The van der Waals surface area contributed by atoms with Gasteiger partial charge in [0.15, 0.2) is 6.54 Å². The molecule has 1 saturated heterocycles. The van der Waals surface area contributed by atoms with Gasteiger partial charge in [-0.1, -0.05) is 30.3 Å². The average molecular weight is 338 g/mol. The summed E-state index contributed by atoms with van der Waals surface area (Å²) < 4.78 is 0. The maximum absolute atomic E-state index is 12.1. The molecule has 1 aliphatic heterocycles. The Kier molecular flexibility index (Phi) is 5.46. The van der Waals surface area contributed by atoms with E-state index < -0.39 is 0 Å². The molecule has 1 fully saturated rings. The zero-order valence-electron chi connectivity index (χ0n) is 14.4. The van der Waals surface area contributed by atoms with E-state index >= 15 is 0 Å². The van der Waals surface area contributed by atoms with Crippen molar-refractivity contribution in [1.82, 2.24) is 0 Å². The summed E-state index contributed by atoms with van der Waals surface area (Å²) in [6.45, 7) is 3.23. The number of carbonyl (C=O) groups is 2. The van der Waals surface area contributed by atoms with Crippen LogP contribution >= 0.6 is 0 Å². The highest BCUT2D eigenvalue weighted by molar-refractivity contribution is 5.96. The molecule has 0 spiro atoms. The Hall–Kier alpha value is -2.66. The van der Waals surface area contributed by atoms with Gasteiger partial charge in [-0.15, -0.1) is 0 Å². The van der Waals surface area contributed by atoms with Crippen LogP contribution in [0.15, 0.2) is 54.6 Å². The van der Waals surface area contributed by atoms with Crippen molar-refractivity contribution in [3.05, 3.63) is 60.2 Å². The van der Waals surface area contributed by atoms with E-state index in [1.165, 1.54) is 5.56 Å². The normalized spacial score (nSPS) is 15.2. The second-order valence-corrected chi connectivity index (χ2v) is 6.38. The molecule has 1 heterocycles. The first-order chi connectivity index (χ1) is 12.1. The molecule has 2 aromatic rings. The Labute approximate surface area is 148 Å². The molecule has 0 aromatic heterocycles. The van der Waals surface area contributed by atoms with E-state index in [0.717, 1.165) is 24.3 Å². The van der Waals surface area contributed by atoms with Gasteiger partial charge < -0.3 is 15.5 Å². The second-order valence-electron chi connectivity index (χ2n) is 6.38. The Morgan fingerprint density at radius 1 is 1.16 bits per heavy atom. The fourth-order valence-corrected chi connectivity index (χ4v) is 3.03. The van der Waals surface area contributed by atoms with Gasteiger partial charge in [0.05, 0.1) is 0 Å². The summed E-state index contributed by atoms with van der Waals surface area (Å²) in [4.78, 5) is 25.7. The van der Waals surface area contributed by atoms with Gasteiger partial charge in [-0.25, -0.2) is 0 Å². The van der Waals surface area contributed by atoms with Gasteiger partial charge in [0.25, 0.3) is 5.91 Å². The average Bonchev–Trinajstić information content (AvgIpc) is 3.07. The molecule has 2 aromatic carbocycles. The Balaban J connectivity index is 1.50. The van der Waals surface area contributed by atoms with Crippen molar-refractivity contribution in [1.29, 1.82) is 0 Å². The molecule has 130 valence electrons. The predicted octanol–water partition coefficient (Wildman–Crippen LogP) is 2.08. The first kappa shape index (κ1) is 17.2. The van der Waals surface area contributed by atoms with Crippen LogP contribution in [-0.2, 0) is 9.59 Å². The topological polar surface area (TPSA) is 66.0 Å². The number of benzene rings is 2. The maximum atomic E-state index is 12.1. The minimum absolute atomic E-state index is 0.0345. The van der Waals surface area contributed by atoms with Crippen molar-refractivity contribution in [2.45, 2.75) is 25.8 Å². The number of carbonyl (C=O) groups excluding carboxylic acids is 2. The Morgan fingerprint density at radius 3 is 2.52 bits per heavy atom. The van der Waals surface area contributed by atoms with E-state index in [0.29, 0.717) is 13.0 Å². The SMILES string of the molecule is C[C@@H]([NH2+]CC(=O)Nc1ccc(N2CCCC2=O)cc1)c1ccccc1. The number of nitrogens with two attached hydrogens (primary N) is 1. The molecule has 0 aliphatic carbocycles. The third-order valence-electron chi connectivity index (χ3n) is 4.52. The summed E-state index contributed by atoms with van der Waals surface area (Å²) >= 11 is 0. The van der Waals surface area contributed by atoms with Crippen molar-refractivity contribution < 1.29 is 14.9 Å². The van der Waals surface area contributed by atoms with Crippen LogP contribution in [-0.4, -0.2) is 24.9 Å². The molecule has 1 aliphatic rings. The van der Waals surface area contributed by atoms with Crippen molar-refractivity contribution in [2.75, 3.05) is 23.3 Å². The van der Waals surface area contributed by atoms with E-state index in [4.69, 9.17) is 0 Å². The summed E-state index contributed by atoms with van der Waals surface area (Å²) in [5, 5.41) is 4.92. The number of amides is 2. The summed E-state index contributed by atoms with van der Waals surface area (Å²) in [6.07, 6.45) is 1.53. The quantitative estimate of drug-likeness (QED) is 0.847. The number of anilines is 2. The molecule has 0 unspecified atom stereocenters. The molecule has 2 amide bonds. The molecular formula is C20H24N3O2+. The third-order valence-corrected chi connectivity index (χ3v) is 4.52. The van der Waals surface area contributed by atoms with Crippen LogP contribution < -0.4 is 15.5 Å². The maximum Gasteiger partial charge on any atom is 0.279 e. The van der Waals surface area contributed by atoms with Gasteiger partial charge in [0.2, 0.25) is 5.91 Å². The van der Waals surface area contributed by atoms with Crippen molar-refractivity contribution in [3.63, 3.8) is 0 Å². The monoisotopic (exact) mass is 338 g/mol. The minimum atomic E-state index is -0.0345. The van der Waals surface area contributed by atoms with E-state index in [-0.39, 0.29) is 17.9 Å². The van der Waals surface area contributed by atoms with Crippen molar-refractivity contribution in [2.24, 2.45) is 0 Å². The van der Waals surface area contributed by atoms with Crippen LogP contribution in [0.25, 0.3) is 0 Å². The lowest BCUT2D eigenvalue weighted by molar-refractivity contribution is -0.682. The minimum Gasteiger partial charge on any atom is -0.333 e. The van der Waals surface area contributed by atoms with Gasteiger partial charge in [-0.2, -0.15) is 0 Å². The Morgan fingerprint density at radius 2 is 1.88 bits per heavy atom. The van der Waals surface area contributed by atoms with Gasteiger partial charge in [-0.3, -0.25) is 9.59 Å². The molecule has 0 saturated carbocycles. The second kappa shape index (κ2) is 7.94. The number of rotatable bonds is 6. The van der Waals surface area contributed by atoms with Crippen LogP contribution in [0.5, 0.6) is 0 Å². The molecule has 3 N–H and O–H groups in total. The molecular weight excluding hydrogens is 314 g/mol. The van der Waals surface area contributed by atoms with Crippen LogP contribution in [0, 0.1) is 0 Å². The lowest BCUT2D eigenvalue weighted by Gasteiger charge is -2.16. The molecule has 3 rings (SSSR count). The lowest BCUT2D eigenvalue weighted by Crippen LogP contribution is -2.86. The number of quaternary nitrogens is 1. The number of nitrogens with zero attached hydrogens (tertiary/aromatic N) is 1. The number of nitrogens with one attached hydrogen (secondary N) is 1. The van der Waals surface area contributed by atoms with Crippen molar-refractivity contribution in [3.8, 4) is 0 Å². The molecule has 25 heavy (non-hydrogen) atoms. The van der Waals surface area contributed by atoms with Gasteiger partial charge in [0, 0.05) is 29.9 Å². The van der Waals surface area contributed by atoms with Crippen LogP contribution in [0.2, 0.25) is 0 Å². The fraction of sp³-hybridized carbons (Fsp3) is 0.300. The Bertz CT molecular complexity index is 728. The molecule has 5 nitrogen and oxygen atoms in total. The van der Waals surface area contributed by atoms with E-state index in [2.05, 4.69) is 24.4 Å². The highest BCUT2D eigenvalue weighted by atomic mass is 16.2. The zero-order valence-corrected chi connectivity index (χ0v) is 14.4. The molecule has 1 atom stereocenters.